The number of carbonyl (C=O) groups excluding carboxylic acids is 1. The van der Waals surface area contributed by atoms with Crippen molar-refractivity contribution in [1.82, 2.24) is 20.4 Å². The van der Waals surface area contributed by atoms with Gasteiger partial charge in [0, 0.05) is 18.6 Å². The molecule has 35 heavy (non-hydrogen) atoms. The third-order valence-electron chi connectivity index (χ3n) is 5.15. The van der Waals surface area contributed by atoms with Gasteiger partial charge in [-0.3, -0.25) is 19.7 Å². The van der Waals surface area contributed by atoms with Crippen molar-refractivity contribution in [2.45, 2.75) is 19.9 Å². The molecule has 0 atom stereocenters. The van der Waals surface area contributed by atoms with Crippen molar-refractivity contribution >= 4 is 28.8 Å². The highest BCUT2D eigenvalue weighted by molar-refractivity contribution is 5.83. The molecule has 12 nitrogen and oxygen atoms in total. The normalized spacial score (nSPS) is 11.1. The Morgan fingerprint density at radius 1 is 1.23 bits per heavy atom. The summed E-state index contributed by atoms with van der Waals surface area (Å²) in [6, 6.07) is 13.0. The van der Waals surface area contributed by atoms with E-state index in [0.29, 0.717) is 22.7 Å². The molecule has 0 spiro atoms. The lowest BCUT2D eigenvalue weighted by Crippen LogP contribution is -2.32. The molecule has 0 radical (unpaired) electrons. The monoisotopic (exact) mass is 476 g/mol. The molecule has 4 aromatic rings. The molecular formula is C23H20N6O6. The van der Waals surface area contributed by atoms with E-state index < -0.39 is 16.4 Å². The van der Waals surface area contributed by atoms with Crippen LogP contribution in [0.4, 0.5) is 5.69 Å². The second-order valence-corrected chi connectivity index (χ2v) is 7.55. The Bertz CT molecular complexity index is 1470. The highest BCUT2D eigenvalue weighted by Crippen LogP contribution is 2.21. The van der Waals surface area contributed by atoms with E-state index in [1.54, 1.807) is 50.4 Å². The fourth-order valence-electron chi connectivity index (χ4n) is 3.38. The number of nitro benzene ring substituents is 1. The standard InChI is InChI=1S/C23H20N6O6/c1-14-21-22(35-27-14)19(11-15-3-7-17(8-4-15)29(32)33)26-28(23(21)31)13-20(30)25-24-12-16-5-9-18(34-2)10-6-16/h3-10,12H,11,13H2,1-2H3,(H,25,30)/b24-12+. The maximum Gasteiger partial charge on any atom is 0.280 e. The van der Waals surface area contributed by atoms with Gasteiger partial charge in [-0.25, -0.2) is 10.1 Å². The Balaban J connectivity index is 1.55. The number of amides is 1. The average Bonchev–Trinajstić information content (AvgIpc) is 3.25. The van der Waals surface area contributed by atoms with E-state index in [1.165, 1.54) is 18.3 Å². The molecule has 0 aliphatic rings. The van der Waals surface area contributed by atoms with Gasteiger partial charge in [0.1, 0.15) is 23.4 Å². The third-order valence-corrected chi connectivity index (χ3v) is 5.15. The SMILES string of the molecule is COc1ccc(/C=N/NC(=O)Cn2nc(Cc3ccc([N+](=O)[O-])cc3)c3onc(C)c3c2=O)cc1. The zero-order valence-corrected chi connectivity index (χ0v) is 18.8. The number of nitrogens with one attached hydrogen (secondary N) is 1. The number of ether oxygens (including phenoxy) is 1. The third kappa shape index (κ3) is 5.21. The molecule has 0 saturated carbocycles. The highest BCUT2D eigenvalue weighted by Gasteiger charge is 2.19. The van der Waals surface area contributed by atoms with Crippen LogP contribution >= 0.6 is 0 Å². The number of methoxy groups -OCH3 is 1. The number of rotatable bonds is 8. The van der Waals surface area contributed by atoms with Crippen molar-refractivity contribution in [2.75, 3.05) is 7.11 Å². The number of carbonyl (C=O) groups is 1. The van der Waals surface area contributed by atoms with E-state index in [2.05, 4.69) is 20.8 Å². The lowest BCUT2D eigenvalue weighted by Gasteiger charge is -2.08. The number of fused-ring (bicyclic) bond motifs is 1. The van der Waals surface area contributed by atoms with Gasteiger partial charge >= 0.3 is 0 Å². The van der Waals surface area contributed by atoms with E-state index in [9.17, 15) is 19.7 Å². The Morgan fingerprint density at radius 3 is 2.60 bits per heavy atom. The van der Waals surface area contributed by atoms with Crippen LogP contribution in [-0.2, 0) is 17.8 Å². The number of benzene rings is 2. The first-order chi connectivity index (χ1) is 16.9. The van der Waals surface area contributed by atoms with Gasteiger partial charge in [-0.05, 0) is 42.3 Å². The van der Waals surface area contributed by atoms with Crippen LogP contribution in [0.5, 0.6) is 5.75 Å². The summed E-state index contributed by atoms with van der Waals surface area (Å²) < 4.78 is 11.4. The summed E-state index contributed by atoms with van der Waals surface area (Å²) in [5.41, 5.74) is 4.19. The van der Waals surface area contributed by atoms with Crippen molar-refractivity contribution in [3.05, 3.63) is 91.5 Å². The van der Waals surface area contributed by atoms with Crippen LogP contribution in [0.3, 0.4) is 0 Å². The first kappa shape index (κ1) is 23.3. The minimum absolute atomic E-state index is 0.0424. The van der Waals surface area contributed by atoms with Crippen LogP contribution in [0.15, 0.2) is 62.9 Å². The zero-order chi connectivity index (χ0) is 24.9. The predicted octanol–water partition coefficient (Wildman–Crippen LogP) is 2.35. The Labute approximate surface area is 198 Å². The highest BCUT2D eigenvalue weighted by atomic mass is 16.6. The molecule has 0 aliphatic heterocycles. The van der Waals surface area contributed by atoms with E-state index >= 15 is 0 Å². The second-order valence-electron chi connectivity index (χ2n) is 7.55. The number of hydrazone groups is 1. The van der Waals surface area contributed by atoms with E-state index in [4.69, 9.17) is 9.26 Å². The minimum Gasteiger partial charge on any atom is -0.497 e. The fourth-order valence-corrected chi connectivity index (χ4v) is 3.38. The molecule has 0 fully saturated rings. The average molecular weight is 476 g/mol. The Hall–Kier alpha value is -4.87. The number of hydrogen-bond donors (Lipinski definition) is 1. The van der Waals surface area contributed by atoms with Gasteiger partial charge in [-0.1, -0.05) is 17.3 Å². The van der Waals surface area contributed by atoms with Gasteiger partial charge in [0.25, 0.3) is 17.2 Å². The molecule has 4 rings (SSSR count). The molecule has 2 heterocycles. The maximum atomic E-state index is 12.9. The smallest absolute Gasteiger partial charge is 0.280 e. The molecule has 2 aromatic heterocycles. The van der Waals surface area contributed by atoms with E-state index in [-0.39, 0.29) is 29.6 Å². The summed E-state index contributed by atoms with van der Waals surface area (Å²) >= 11 is 0. The van der Waals surface area contributed by atoms with Gasteiger partial charge in [0.15, 0.2) is 5.58 Å². The number of aromatic nitrogens is 3. The van der Waals surface area contributed by atoms with Crippen LogP contribution < -0.4 is 15.7 Å². The largest absolute Gasteiger partial charge is 0.497 e. The minimum atomic E-state index is -0.556. The number of aryl methyl sites for hydroxylation is 1. The molecular weight excluding hydrogens is 456 g/mol. The van der Waals surface area contributed by atoms with Gasteiger partial charge in [-0.2, -0.15) is 10.2 Å². The van der Waals surface area contributed by atoms with Crippen LogP contribution in [0.1, 0.15) is 22.5 Å². The summed E-state index contributed by atoms with van der Waals surface area (Å²) in [5, 5.41) is 23.2. The zero-order valence-electron chi connectivity index (χ0n) is 18.8. The molecule has 12 heteroatoms. The molecule has 178 valence electrons. The fraction of sp³-hybridized carbons (Fsp3) is 0.174. The van der Waals surface area contributed by atoms with Crippen LogP contribution in [0.25, 0.3) is 11.0 Å². The first-order valence-corrected chi connectivity index (χ1v) is 10.4. The summed E-state index contributed by atoms with van der Waals surface area (Å²) in [6.45, 7) is 1.24. The predicted molar refractivity (Wildman–Crippen MR) is 125 cm³/mol. The summed E-state index contributed by atoms with van der Waals surface area (Å²) in [6.07, 6.45) is 1.67. The van der Waals surface area contributed by atoms with E-state index in [0.717, 1.165) is 10.2 Å². The molecule has 2 aromatic carbocycles. The van der Waals surface area contributed by atoms with Crippen molar-refractivity contribution in [3.8, 4) is 5.75 Å². The Kier molecular flexibility index (Phi) is 6.62. The lowest BCUT2D eigenvalue weighted by molar-refractivity contribution is -0.384. The molecule has 1 amide bonds. The van der Waals surface area contributed by atoms with Crippen LogP contribution in [0.2, 0.25) is 0 Å². The lowest BCUT2D eigenvalue weighted by atomic mass is 10.1. The van der Waals surface area contributed by atoms with Crippen molar-refractivity contribution in [2.24, 2.45) is 5.10 Å². The van der Waals surface area contributed by atoms with Gasteiger partial charge in [-0.15, -0.1) is 0 Å². The Morgan fingerprint density at radius 2 is 1.94 bits per heavy atom. The number of hydrogen-bond acceptors (Lipinski definition) is 9. The topological polar surface area (TPSA) is 155 Å². The van der Waals surface area contributed by atoms with Crippen molar-refractivity contribution < 1.29 is 19.0 Å². The maximum absolute atomic E-state index is 12.9. The number of nitrogens with zero attached hydrogens (tertiary/aromatic N) is 5. The van der Waals surface area contributed by atoms with Gasteiger partial charge in [0.05, 0.1) is 23.9 Å². The molecule has 0 saturated heterocycles. The summed E-state index contributed by atoms with van der Waals surface area (Å²) in [4.78, 5) is 35.8. The van der Waals surface area contributed by atoms with Crippen molar-refractivity contribution in [3.63, 3.8) is 0 Å². The molecule has 0 bridgehead atoms. The van der Waals surface area contributed by atoms with Gasteiger partial charge < -0.3 is 9.26 Å². The molecule has 1 N–H and O–H groups in total. The molecule has 0 unspecified atom stereocenters. The second kappa shape index (κ2) is 9.95. The summed E-state index contributed by atoms with van der Waals surface area (Å²) in [7, 11) is 1.56. The van der Waals surface area contributed by atoms with Gasteiger partial charge in [0.2, 0.25) is 0 Å². The molecule has 0 aliphatic carbocycles. The number of nitro groups is 1. The number of non-ortho nitro benzene ring substituents is 1. The summed E-state index contributed by atoms with van der Waals surface area (Å²) in [5.74, 6) is 0.139. The van der Waals surface area contributed by atoms with Crippen LogP contribution in [-0.4, -0.2) is 39.1 Å². The first-order valence-electron chi connectivity index (χ1n) is 10.4. The quantitative estimate of drug-likeness (QED) is 0.231. The van der Waals surface area contributed by atoms with Crippen LogP contribution in [0, 0.1) is 17.0 Å². The van der Waals surface area contributed by atoms with E-state index in [1.807, 2.05) is 0 Å². The van der Waals surface area contributed by atoms with Crippen molar-refractivity contribution in [1.29, 1.82) is 0 Å².